The highest BCUT2D eigenvalue weighted by atomic mass is 79.9. The Balaban J connectivity index is 1.97. The molecular weight excluding hydrogens is 282 g/mol. The minimum absolute atomic E-state index is 0.672. The molecule has 0 unspecified atom stereocenters. The van der Waals surface area contributed by atoms with E-state index in [9.17, 15) is 0 Å². The van der Waals surface area contributed by atoms with Crippen LogP contribution in [0.15, 0.2) is 28.7 Å². The number of hydrogen-bond acceptors (Lipinski definition) is 3. The van der Waals surface area contributed by atoms with Crippen LogP contribution in [-0.2, 0) is 16.0 Å². The van der Waals surface area contributed by atoms with Crippen LogP contribution in [0.25, 0.3) is 0 Å². The second-order valence-electron chi connectivity index (χ2n) is 3.77. The summed E-state index contributed by atoms with van der Waals surface area (Å²) in [5, 5.41) is 3.39. The Morgan fingerprint density at radius 1 is 1.24 bits per heavy atom. The quantitative estimate of drug-likeness (QED) is 0.711. The fourth-order valence-corrected chi connectivity index (χ4v) is 1.87. The molecule has 0 bridgehead atoms. The predicted molar refractivity (Wildman–Crippen MR) is 73.2 cm³/mol. The minimum atomic E-state index is 0.672. The van der Waals surface area contributed by atoms with E-state index in [1.54, 1.807) is 7.11 Å². The van der Waals surface area contributed by atoms with Crippen molar-refractivity contribution in [3.63, 3.8) is 0 Å². The average Bonchev–Trinajstić information content (AvgIpc) is 2.33. The summed E-state index contributed by atoms with van der Waals surface area (Å²) in [6, 6.07) is 8.33. The lowest BCUT2D eigenvalue weighted by Gasteiger charge is -2.06. The van der Waals surface area contributed by atoms with Crippen molar-refractivity contribution in [2.24, 2.45) is 0 Å². The van der Waals surface area contributed by atoms with Gasteiger partial charge < -0.3 is 14.8 Å². The summed E-state index contributed by atoms with van der Waals surface area (Å²) in [6.07, 6.45) is 1.03. The van der Waals surface area contributed by atoms with Crippen molar-refractivity contribution in [1.29, 1.82) is 0 Å². The van der Waals surface area contributed by atoms with Gasteiger partial charge in [0.25, 0.3) is 0 Å². The lowest BCUT2D eigenvalue weighted by atomic mass is 10.2. The van der Waals surface area contributed by atoms with Gasteiger partial charge >= 0.3 is 0 Å². The van der Waals surface area contributed by atoms with Gasteiger partial charge in [-0.05, 0) is 30.7 Å². The molecular formula is C13H20BrNO2. The van der Waals surface area contributed by atoms with E-state index < -0.39 is 0 Å². The minimum Gasteiger partial charge on any atom is -0.382 e. The topological polar surface area (TPSA) is 30.5 Å². The van der Waals surface area contributed by atoms with Gasteiger partial charge in [-0.1, -0.05) is 28.1 Å². The van der Waals surface area contributed by atoms with Crippen molar-refractivity contribution in [3.8, 4) is 0 Å². The van der Waals surface area contributed by atoms with Crippen LogP contribution in [0.3, 0.4) is 0 Å². The first kappa shape index (κ1) is 14.6. The van der Waals surface area contributed by atoms with E-state index in [1.807, 2.05) is 6.07 Å². The van der Waals surface area contributed by atoms with Crippen molar-refractivity contribution in [1.82, 2.24) is 5.32 Å². The van der Waals surface area contributed by atoms with Crippen LogP contribution in [-0.4, -0.2) is 33.5 Å². The molecule has 17 heavy (non-hydrogen) atoms. The first-order chi connectivity index (χ1) is 8.33. The highest BCUT2D eigenvalue weighted by Crippen LogP contribution is 2.11. The van der Waals surface area contributed by atoms with Crippen LogP contribution in [0.5, 0.6) is 0 Å². The molecule has 1 rings (SSSR count). The molecule has 0 spiro atoms. The third-order valence-corrected chi connectivity index (χ3v) is 2.79. The molecule has 0 saturated heterocycles. The van der Waals surface area contributed by atoms with E-state index >= 15 is 0 Å². The summed E-state index contributed by atoms with van der Waals surface area (Å²) < 4.78 is 11.4. The van der Waals surface area contributed by atoms with Gasteiger partial charge in [0.2, 0.25) is 0 Å². The Kier molecular flexibility index (Phi) is 8.26. The van der Waals surface area contributed by atoms with Gasteiger partial charge in [-0.2, -0.15) is 0 Å². The number of nitrogens with one attached hydrogen (secondary N) is 1. The van der Waals surface area contributed by atoms with Gasteiger partial charge in [0, 0.05) is 24.7 Å². The number of ether oxygens (including phenoxy) is 2. The van der Waals surface area contributed by atoms with Crippen LogP contribution in [0.2, 0.25) is 0 Å². The third kappa shape index (κ3) is 7.49. The molecule has 0 amide bonds. The lowest BCUT2D eigenvalue weighted by molar-refractivity contribution is 0.0695. The summed E-state index contributed by atoms with van der Waals surface area (Å²) in [5.74, 6) is 0. The zero-order chi connectivity index (χ0) is 12.3. The average molecular weight is 302 g/mol. The van der Waals surface area contributed by atoms with Crippen LogP contribution < -0.4 is 5.32 Å². The molecule has 0 aliphatic carbocycles. The fraction of sp³-hybridized carbons (Fsp3) is 0.538. The largest absolute Gasteiger partial charge is 0.382 e. The molecule has 3 nitrogen and oxygen atoms in total. The molecule has 0 heterocycles. The fourth-order valence-electron chi connectivity index (χ4n) is 1.42. The SMILES string of the molecule is COCCOCCCNCc1cccc(Br)c1. The molecule has 0 radical (unpaired) electrons. The van der Waals surface area contributed by atoms with Crippen molar-refractivity contribution >= 4 is 15.9 Å². The highest BCUT2D eigenvalue weighted by Gasteiger charge is 1.94. The second kappa shape index (κ2) is 9.59. The van der Waals surface area contributed by atoms with E-state index in [0.717, 1.165) is 30.6 Å². The first-order valence-electron chi connectivity index (χ1n) is 5.85. The number of halogens is 1. The molecule has 0 aliphatic heterocycles. The molecule has 1 aromatic rings. The zero-order valence-corrected chi connectivity index (χ0v) is 11.8. The van der Waals surface area contributed by atoms with Gasteiger partial charge in [0.05, 0.1) is 13.2 Å². The van der Waals surface area contributed by atoms with Crippen LogP contribution in [0.1, 0.15) is 12.0 Å². The van der Waals surface area contributed by atoms with Gasteiger partial charge in [-0.25, -0.2) is 0 Å². The number of benzene rings is 1. The van der Waals surface area contributed by atoms with E-state index in [4.69, 9.17) is 9.47 Å². The van der Waals surface area contributed by atoms with E-state index in [0.29, 0.717) is 13.2 Å². The van der Waals surface area contributed by atoms with Gasteiger partial charge in [-0.15, -0.1) is 0 Å². The van der Waals surface area contributed by atoms with Crippen LogP contribution in [0.4, 0.5) is 0 Å². The Morgan fingerprint density at radius 2 is 2.12 bits per heavy atom. The monoisotopic (exact) mass is 301 g/mol. The smallest absolute Gasteiger partial charge is 0.0700 e. The van der Waals surface area contributed by atoms with Crippen molar-refractivity contribution < 1.29 is 9.47 Å². The summed E-state index contributed by atoms with van der Waals surface area (Å²) in [6.45, 7) is 4.01. The maximum atomic E-state index is 5.37. The summed E-state index contributed by atoms with van der Waals surface area (Å²) in [7, 11) is 1.68. The van der Waals surface area contributed by atoms with E-state index in [1.165, 1.54) is 5.56 Å². The summed E-state index contributed by atoms with van der Waals surface area (Å²) in [4.78, 5) is 0. The first-order valence-corrected chi connectivity index (χ1v) is 6.64. The zero-order valence-electron chi connectivity index (χ0n) is 10.2. The molecule has 96 valence electrons. The standard InChI is InChI=1S/C13H20BrNO2/c1-16-8-9-17-7-3-6-15-11-12-4-2-5-13(14)10-12/h2,4-5,10,15H,3,6-9,11H2,1H3. The number of rotatable bonds is 9. The maximum absolute atomic E-state index is 5.37. The summed E-state index contributed by atoms with van der Waals surface area (Å²) >= 11 is 3.46. The molecule has 1 aromatic carbocycles. The van der Waals surface area contributed by atoms with Crippen molar-refractivity contribution in [2.75, 3.05) is 33.5 Å². The van der Waals surface area contributed by atoms with Crippen LogP contribution >= 0.6 is 15.9 Å². The third-order valence-electron chi connectivity index (χ3n) is 2.29. The second-order valence-corrected chi connectivity index (χ2v) is 4.68. The Labute approximate surface area is 112 Å². The molecule has 0 atom stereocenters. The number of hydrogen-bond donors (Lipinski definition) is 1. The van der Waals surface area contributed by atoms with Gasteiger partial charge in [0.1, 0.15) is 0 Å². The Bertz CT molecular complexity index is 307. The van der Waals surface area contributed by atoms with Crippen molar-refractivity contribution in [2.45, 2.75) is 13.0 Å². The van der Waals surface area contributed by atoms with Gasteiger partial charge in [0.15, 0.2) is 0 Å². The van der Waals surface area contributed by atoms with Crippen molar-refractivity contribution in [3.05, 3.63) is 34.3 Å². The normalized spacial score (nSPS) is 10.7. The van der Waals surface area contributed by atoms with Crippen LogP contribution in [0, 0.1) is 0 Å². The van der Waals surface area contributed by atoms with E-state index in [2.05, 4.69) is 39.4 Å². The van der Waals surface area contributed by atoms with Gasteiger partial charge in [-0.3, -0.25) is 0 Å². The highest BCUT2D eigenvalue weighted by molar-refractivity contribution is 9.10. The maximum Gasteiger partial charge on any atom is 0.0700 e. The molecule has 0 aliphatic rings. The van der Waals surface area contributed by atoms with E-state index in [-0.39, 0.29) is 0 Å². The Morgan fingerprint density at radius 3 is 2.88 bits per heavy atom. The summed E-state index contributed by atoms with van der Waals surface area (Å²) in [5.41, 5.74) is 1.29. The lowest BCUT2D eigenvalue weighted by Crippen LogP contribution is -2.16. The molecule has 0 fully saturated rings. The molecule has 0 saturated carbocycles. The molecule has 4 heteroatoms. The molecule has 0 aromatic heterocycles. The predicted octanol–water partition coefficient (Wildman–Crippen LogP) is 2.59. The number of methoxy groups -OCH3 is 1. The Hall–Kier alpha value is -0.420. The molecule has 1 N–H and O–H groups in total.